The lowest BCUT2D eigenvalue weighted by atomic mass is 10.0. The van der Waals surface area contributed by atoms with Crippen molar-refractivity contribution in [3.05, 3.63) is 88.4 Å². The van der Waals surface area contributed by atoms with E-state index >= 15 is 0 Å². The van der Waals surface area contributed by atoms with Crippen LogP contribution < -0.4 is 10.1 Å². The van der Waals surface area contributed by atoms with Crippen molar-refractivity contribution in [2.24, 2.45) is 0 Å². The molecule has 1 aromatic heterocycles. The molecule has 0 saturated carbocycles. The fourth-order valence-corrected chi connectivity index (χ4v) is 2.51. The molecular weight excluding hydrogens is 348 g/mol. The lowest BCUT2D eigenvalue weighted by molar-refractivity contribution is -0.384. The van der Waals surface area contributed by atoms with Crippen molar-refractivity contribution in [3.8, 4) is 5.75 Å². The second-order valence-corrected chi connectivity index (χ2v) is 5.54. The number of nitrogens with zero attached hydrogens (tertiary/aromatic N) is 1. The number of nitro benzene ring substituents is 1. The number of anilines is 1. The van der Waals surface area contributed by atoms with Crippen LogP contribution in [0.3, 0.4) is 0 Å². The molecule has 7 nitrogen and oxygen atoms in total. The first-order chi connectivity index (χ1) is 13.1. The van der Waals surface area contributed by atoms with E-state index < -0.39 is 10.8 Å². The molecule has 7 heteroatoms. The van der Waals surface area contributed by atoms with Gasteiger partial charge in [0.2, 0.25) is 0 Å². The predicted molar refractivity (Wildman–Crippen MR) is 101 cm³/mol. The molecule has 0 bridgehead atoms. The Morgan fingerprint density at radius 2 is 1.93 bits per heavy atom. The van der Waals surface area contributed by atoms with Crippen LogP contribution in [-0.2, 0) is 4.79 Å². The zero-order chi connectivity index (χ0) is 19.2. The molecular formula is C20H16N2O5. The molecule has 3 rings (SSSR count). The molecule has 0 fully saturated rings. The Balaban J connectivity index is 1.99. The number of carbonyl (C=O) groups is 1. The van der Waals surface area contributed by atoms with Crippen molar-refractivity contribution >= 4 is 28.9 Å². The first kappa shape index (κ1) is 17.9. The summed E-state index contributed by atoms with van der Waals surface area (Å²) in [7, 11) is 1.42. The second-order valence-electron chi connectivity index (χ2n) is 5.54. The molecule has 0 atom stereocenters. The summed E-state index contributed by atoms with van der Waals surface area (Å²) in [5.41, 5.74) is 1.08. The molecule has 0 aliphatic rings. The van der Waals surface area contributed by atoms with Gasteiger partial charge in [-0.25, -0.2) is 0 Å². The summed E-state index contributed by atoms with van der Waals surface area (Å²) in [5, 5.41) is 13.7. The van der Waals surface area contributed by atoms with Gasteiger partial charge in [-0.3, -0.25) is 14.9 Å². The predicted octanol–water partition coefficient (Wildman–Crippen LogP) is 4.38. The molecule has 2 aromatic carbocycles. The third kappa shape index (κ3) is 4.21. The zero-order valence-corrected chi connectivity index (χ0v) is 14.4. The summed E-state index contributed by atoms with van der Waals surface area (Å²) in [6.07, 6.45) is 3.12. The molecule has 0 saturated heterocycles. The Labute approximate surface area is 155 Å². The number of non-ortho nitro benzene ring substituents is 1. The zero-order valence-electron chi connectivity index (χ0n) is 14.4. The number of nitro groups is 1. The van der Waals surface area contributed by atoms with E-state index in [4.69, 9.17) is 9.15 Å². The van der Waals surface area contributed by atoms with Crippen LogP contribution >= 0.6 is 0 Å². The minimum Gasteiger partial charge on any atom is -0.495 e. The van der Waals surface area contributed by atoms with E-state index in [2.05, 4.69) is 5.32 Å². The smallest absolute Gasteiger partial charge is 0.271 e. The van der Waals surface area contributed by atoms with Crippen molar-refractivity contribution in [3.63, 3.8) is 0 Å². The van der Waals surface area contributed by atoms with Crippen LogP contribution in [-0.4, -0.2) is 17.9 Å². The fourth-order valence-electron chi connectivity index (χ4n) is 2.51. The number of ether oxygens (including phenoxy) is 1. The van der Waals surface area contributed by atoms with Gasteiger partial charge in [-0.15, -0.1) is 0 Å². The van der Waals surface area contributed by atoms with Crippen molar-refractivity contribution in [2.45, 2.75) is 0 Å². The number of benzene rings is 2. The molecule has 1 amide bonds. The summed E-state index contributed by atoms with van der Waals surface area (Å²) in [4.78, 5) is 23.4. The van der Waals surface area contributed by atoms with Crippen molar-refractivity contribution in [2.75, 3.05) is 12.4 Å². The summed E-state index contributed by atoms with van der Waals surface area (Å²) in [6.45, 7) is 0. The van der Waals surface area contributed by atoms with Gasteiger partial charge >= 0.3 is 0 Å². The Hall–Kier alpha value is -3.87. The van der Waals surface area contributed by atoms with Crippen molar-refractivity contribution in [1.29, 1.82) is 0 Å². The molecule has 0 spiro atoms. The highest BCUT2D eigenvalue weighted by Gasteiger charge is 2.17. The largest absolute Gasteiger partial charge is 0.495 e. The van der Waals surface area contributed by atoms with E-state index in [1.165, 1.54) is 31.6 Å². The number of carbonyl (C=O) groups excluding carboxylic acids is 1. The van der Waals surface area contributed by atoms with Gasteiger partial charge in [-0.1, -0.05) is 30.3 Å². The van der Waals surface area contributed by atoms with Gasteiger partial charge in [0.05, 0.1) is 29.6 Å². The van der Waals surface area contributed by atoms with E-state index in [-0.39, 0.29) is 11.4 Å². The van der Waals surface area contributed by atoms with E-state index in [1.54, 1.807) is 30.3 Å². The minimum absolute atomic E-state index is 0.151. The van der Waals surface area contributed by atoms with Crippen LogP contribution in [0.1, 0.15) is 11.3 Å². The monoisotopic (exact) mass is 364 g/mol. The molecule has 3 aromatic rings. The first-order valence-electron chi connectivity index (χ1n) is 8.03. The maximum absolute atomic E-state index is 12.9. The third-order valence-corrected chi connectivity index (χ3v) is 3.80. The van der Waals surface area contributed by atoms with Crippen LogP contribution in [0, 0.1) is 10.1 Å². The summed E-state index contributed by atoms with van der Waals surface area (Å²) < 4.78 is 10.5. The lowest BCUT2D eigenvalue weighted by Gasteiger charge is -2.12. The Morgan fingerprint density at radius 1 is 1.15 bits per heavy atom. The van der Waals surface area contributed by atoms with Crippen LogP contribution in [0.15, 0.2) is 71.3 Å². The summed E-state index contributed by atoms with van der Waals surface area (Å²) in [6, 6.07) is 16.5. The minimum atomic E-state index is -0.536. The third-order valence-electron chi connectivity index (χ3n) is 3.80. The van der Waals surface area contributed by atoms with Gasteiger partial charge in [0.1, 0.15) is 11.5 Å². The van der Waals surface area contributed by atoms with Crippen LogP contribution in [0.2, 0.25) is 0 Å². The molecule has 1 N–H and O–H groups in total. The first-order valence-corrected chi connectivity index (χ1v) is 8.03. The van der Waals surface area contributed by atoms with Gasteiger partial charge in [-0.2, -0.15) is 0 Å². The van der Waals surface area contributed by atoms with E-state index in [1.807, 2.05) is 18.2 Å². The number of nitrogens with one attached hydrogen (secondary N) is 1. The quantitative estimate of drug-likeness (QED) is 0.398. The highest BCUT2D eigenvalue weighted by Crippen LogP contribution is 2.30. The van der Waals surface area contributed by atoms with Gasteiger partial charge in [0, 0.05) is 12.1 Å². The standard InChI is InChI=1S/C20H16N2O5/c1-26-19-10-9-15(22(24)25)12-18(19)21-20(23)17(13-16-8-5-11-27-16)14-6-3-2-4-7-14/h2-13H,1H3,(H,21,23)/b17-13+. The molecule has 0 radical (unpaired) electrons. The Kier molecular flexibility index (Phi) is 5.32. The molecule has 27 heavy (non-hydrogen) atoms. The maximum Gasteiger partial charge on any atom is 0.271 e. The molecule has 1 heterocycles. The molecule has 0 aliphatic heterocycles. The van der Waals surface area contributed by atoms with E-state index in [9.17, 15) is 14.9 Å². The average Bonchev–Trinajstić information content (AvgIpc) is 3.20. The number of furan rings is 1. The van der Waals surface area contributed by atoms with Crippen molar-refractivity contribution in [1.82, 2.24) is 0 Å². The Bertz CT molecular complexity index is 979. The number of rotatable bonds is 6. The van der Waals surface area contributed by atoms with Gasteiger partial charge in [0.15, 0.2) is 0 Å². The normalized spacial score (nSPS) is 11.1. The van der Waals surface area contributed by atoms with Crippen LogP contribution in [0.25, 0.3) is 11.6 Å². The number of methoxy groups -OCH3 is 1. The summed E-state index contributed by atoms with van der Waals surface area (Å²) in [5.74, 6) is 0.380. The molecule has 0 aliphatic carbocycles. The van der Waals surface area contributed by atoms with Gasteiger partial charge in [0.25, 0.3) is 11.6 Å². The topological polar surface area (TPSA) is 94.6 Å². The Morgan fingerprint density at radius 3 is 2.56 bits per heavy atom. The lowest BCUT2D eigenvalue weighted by Crippen LogP contribution is -2.14. The van der Waals surface area contributed by atoms with Crippen LogP contribution in [0.5, 0.6) is 5.75 Å². The SMILES string of the molecule is COc1ccc([N+](=O)[O-])cc1NC(=O)/C(=C/c1ccco1)c1ccccc1. The van der Waals surface area contributed by atoms with E-state index in [0.29, 0.717) is 22.6 Å². The van der Waals surface area contributed by atoms with Gasteiger partial charge in [-0.05, 0) is 29.8 Å². The number of amides is 1. The highest BCUT2D eigenvalue weighted by atomic mass is 16.6. The fraction of sp³-hybridized carbons (Fsp3) is 0.0500. The molecule has 136 valence electrons. The average molecular weight is 364 g/mol. The maximum atomic E-state index is 12.9. The van der Waals surface area contributed by atoms with E-state index in [0.717, 1.165) is 0 Å². The second kappa shape index (κ2) is 8.01. The number of hydrogen-bond acceptors (Lipinski definition) is 5. The number of hydrogen-bond donors (Lipinski definition) is 1. The van der Waals surface area contributed by atoms with Crippen molar-refractivity contribution < 1.29 is 18.9 Å². The highest BCUT2D eigenvalue weighted by molar-refractivity contribution is 6.29. The summed E-state index contributed by atoms with van der Waals surface area (Å²) >= 11 is 0. The molecule has 0 unspecified atom stereocenters. The van der Waals surface area contributed by atoms with Crippen LogP contribution in [0.4, 0.5) is 11.4 Å². The van der Waals surface area contributed by atoms with Gasteiger partial charge < -0.3 is 14.5 Å².